The largest absolute Gasteiger partial charge is 0.0616 e. The molecule has 11 aromatic rings. The lowest BCUT2D eigenvalue weighted by Gasteiger charge is -2.21. The quantitative estimate of drug-likeness (QED) is 0.124. The lowest BCUT2D eigenvalue weighted by molar-refractivity contribution is 0.661. The van der Waals surface area contributed by atoms with Gasteiger partial charge in [-0.25, -0.2) is 0 Å². The van der Waals surface area contributed by atoms with E-state index in [1.165, 1.54) is 121 Å². The molecule has 0 aromatic heterocycles. The van der Waals surface area contributed by atoms with E-state index < -0.39 is 0 Å². The molecule has 276 valence electrons. The minimum Gasteiger partial charge on any atom is -0.0616 e. The van der Waals surface area contributed by atoms with E-state index in [1.54, 1.807) is 0 Å². The second kappa shape index (κ2) is 12.9. The Morgan fingerprint density at radius 1 is 0.254 bits per heavy atom. The van der Waals surface area contributed by atoms with Crippen molar-refractivity contribution < 1.29 is 0 Å². The molecule has 0 heteroatoms. The van der Waals surface area contributed by atoms with E-state index in [-0.39, 0.29) is 5.41 Å². The lowest BCUT2D eigenvalue weighted by Crippen LogP contribution is -2.14. The Balaban J connectivity index is 0.963. The zero-order valence-corrected chi connectivity index (χ0v) is 33.1. The van der Waals surface area contributed by atoms with Crippen molar-refractivity contribution in [2.45, 2.75) is 19.3 Å². The monoisotopic (exact) mass is 748 g/mol. The first-order valence-corrected chi connectivity index (χ1v) is 20.8. The second-order valence-electron chi connectivity index (χ2n) is 16.8. The third-order valence-corrected chi connectivity index (χ3v) is 13.3. The molecule has 0 heterocycles. The summed E-state index contributed by atoms with van der Waals surface area (Å²) in [6, 6.07) is 76.9. The average Bonchev–Trinajstić information content (AvgIpc) is 3.53. The fraction of sp³-hybridized carbons (Fsp3) is 0.0508. The van der Waals surface area contributed by atoms with Crippen LogP contribution in [0.2, 0.25) is 0 Å². The van der Waals surface area contributed by atoms with Crippen LogP contribution in [0.4, 0.5) is 0 Å². The molecule has 0 spiro atoms. The summed E-state index contributed by atoms with van der Waals surface area (Å²) in [6.07, 6.45) is 0. The highest BCUT2D eigenvalue weighted by Crippen LogP contribution is 2.52. The summed E-state index contributed by atoms with van der Waals surface area (Å²) in [5.41, 5.74) is 15.5. The van der Waals surface area contributed by atoms with Gasteiger partial charge in [-0.3, -0.25) is 0 Å². The minimum atomic E-state index is -0.0421. The summed E-state index contributed by atoms with van der Waals surface area (Å²) < 4.78 is 0. The molecule has 0 N–H and O–H groups in total. The molecule has 0 fully saturated rings. The predicted octanol–water partition coefficient (Wildman–Crippen LogP) is 16.4. The topological polar surface area (TPSA) is 0 Å². The van der Waals surface area contributed by atoms with Gasteiger partial charge >= 0.3 is 0 Å². The van der Waals surface area contributed by atoms with Gasteiger partial charge in [0.2, 0.25) is 0 Å². The number of hydrogen-bond donors (Lipinski definition) is 0. The Morgan fingerprint density at radius 2 is 0.695 bits per heavy atom. The van der Waals surface area contributed by atoms with Crippen LogP contribution in [0.1, 0.15) is 25.0 Å². The summed E-state index contributed by atoms with van der Waals surface area (Å²) in [5.74, 6) is 0. The van der Waals surface area contributed by atoms with Crippen molar-refractivity contribution in [3.63, 3.8) is 0 Å². The molecule has 0 amide bonds. The summed E-state index contributed by atoms with van der Waals surface area (Å²) >= 11 is 0. The number of rotatable bonds is 4. The van der Waals surface area contributed by atoms with Gasteiger partial charge in [-0.1, -0.05) is 208 Å². The van der Waals surface area contributed by atoms with Gasteiger partial charge in [0.25, 0.3) is 0 Å². The van der Waals surface area contributed by atoms with E-state index in [9.17, 15) is 0 Å². The molecule has 0 aliphatic heterocycles. The number of benzene rings is 11. The molecular formula is C59H40. The van der Waals surface area contributed by atoms with Crippen molar-refractivity contribution in [2.24, 2.45) is 0 Å². The van der Waals surface area contributed by atoms with Crippen LogP contribution < -0.4 is 0 Å². The Morgan fingerprint density at radius 3 is 1.31 bits per heavy atom. The van der Waals surface area contributed by atoms with Crippen LogP contribution in [-0.4, -0.2) is 0 Å². The van der Waals surface area contributed by atoms with E-state index in [1.807, 2.05) is 0 Å². The summed E-state index contributed by atoms with van der Waals surface area (Å²) in [5, 5.41) is 12.8. The average molecular weight is 749 g/mol. The first-order chi connectivity index (χ1) is 29.0. The van der Waals surface area contributed by atoms with Gasteiger partial charge in [0.15, 0.2) is 0 Å². The second-order valence-corrected chi connectivity index (χ2v) is 16.8. The zero-order valence-electron chi connectivity index (χ0n) is 33.1. The van der Waals surface area contributed by atoms with E-state index >= 15 is 0 Å². The van der Waals surface area contributed by atoms with Crippen molar-refractivity contribution in [3.8, 4) is 55.6 Å². The molecule has 59 heavy (non-hydrogen) atoms. The standard InChI is InChI=1S/C59H40/c1-59(2)54-33-32-42(35-53(54)58-45-16-6-3-13-38(45)31-34-55(58)59)37-23-27-40(28-24-37)56-48-19-9-11-21-50(48)57(51-22-12-10-20-49(51)56)41-29-25-39(26-30-41)52-36-43-14-4-5-15-44(43)46-17-7-8-18-47(46)52/h3-36H,1-2H3. The van der Waals surface area contributed by atoms with Crippen LogP contribution in [0.25, 0.3) is 109 Å². The highest BCUT2D eigenvalue weighted by molar-refractivity contribution is 6.21. The number of fused-ring (bicyclic) bond motifs is 10. The maximum atomic E-state index is 2.43. The highest BCUT2D eigenvalue weighted by Gasteiger charge is 2.36. The first-order valence-electron chi connectivity index (χ1n) is 20.8. The molecule has 0 radical (unpaired) electrons. The molecule has 1 aliphatic rings. The van der Waals surface area contributed by atoms with Gasteiger partial charge in [-0.15, -0.1) is 0 Å². The van der Waals surface area contributed by atoms with Crippen LogP contribution in [0.5, 0.6) is 0 Å². The van der Waals surface area contributed by atoms with E-state index in [0.29, 0.717) is 0 Å². The molecule has 0 unspecified atom stereocenters. The Hall–Kier alpha value is -7.28. The summed E-state index contributed by atoms with van der Waals surface area (Å²) in [7, 11) is 0. The number of hydrogen-bond acceptors (Lipinski definition) is 0. The van der Waals surface area contributed by atoms with E-state index in [4.69, 9.17) is 0 Å². The van der Waals surface area contributed by atoms with E-state index in [0.717, 1.165) is 0 Å². The fourth-order valence-corrected chi connectivity index (χ4v) is 10.4. The summed E-state index contributed by atoms with van der Waals surface area (Å²) in [4.78, 5) is 0. The molecular weight excluding hydrogens is 709 g/mol. The molecule has 0 bridgehead atoms. The molecule has 12 rings (SSSR count). The van der Waals surface area contributed by atoms with Crippen molar-refractivity contribution in [2.75, 3.05) is 0 Å². The Bertz CT molecular complexity index is 3430. The fourth-order valence-electron chi connectivity index (χ4n) is 10.4. The first kappa shape index (κ1) is 33.8. The maximum absolute atomic E-state index is 2.43. The normalized spacial score (nSPS) is 13.1. The van der Waals surface area contributed by atoms with Gasteiger partial charge in [-0.2, -0.15) is 0 Å². The van der Waals surface area contributed by atoms with Gasteiger partial charge < -0.3 is 0 Å². The molecule has 0 nitrogen and oxygen atoms in total. The van der Waals surface area contributed by atoms with Crippen LogP contribution in [0.15, 0.2) is 206 Å². The molecule has 11 aromatic carbocycles. The zero-order chi connectivity index (χ0) is 39.2. The minimum absolute atomic E-state index is 0.0421. The van der Waals surface area contributed by atoms with Crippen molar-refractivity contribution in [3.05, 3.63) is 217 Å². The van der Waals surface area contributed by atoms with Gasteiger partial charge in [0.05, 0.1) is 0 Å². The molecule has 0 saturated heterocycles. The van der Waals surface area contributed by atoms with Crippen molar-refractivity contribution in [1.82, 2.24) is 0 Å². The Labute approximate surface area is 344 Å². The third-order valence-electron chi connectivity index (χ3n) is 13.3. The molecule has 1 aliphatic carbocycles. The van der Waals surface area contributed by atoms with Gasteiger partial charge in [0.1, 0.15) is 0 Å². The van der Waals surface area contributed by atoms with Crippen LogP contribution >= 0.6 is 0 Å². The van der Waals surface area contributed by atoms with Gasteiger partial charge in [-0.05, 0) is 133 Å². The van der Waals surface area contributed by atoms with Crippen LogP contribution in [0, 0.1) is 0 Å². The molecule has 0 atom stereocenters. The van der Waals surface area contributed by atoms with Gasteiger partial charge in [0, 0.05) is 5.41 Å². The van der Waals surface area contributed by atoms with Crippen molar-refractivity contribution >= 4 is 53.9 Å². The maximum Gasteiger partial charge on any atom is 0.0159 e. The van der Waals surface area contributed by atoms with Crippen LogP contribution in [0.3, 0.4) is 0 Å². The van der Waals surface area contributed by atoms with Crippen molar-refractivity contribution in [1.29, 1.82) is 0 Å². The highest BCUT2D eigenvalue weighted by atomic mass is 14.4. The van der Waals surface area contributed by atoms with E-state index in [2.05, 4.69) is 220 Å². The lowest BCUT2D eigenvalue weighted by atomic mass is 9.82. The smallest absolute Gasteiger partial charge is 0.0159 e. The van der Waals surface area contributed by atoms with Crippen LogP contribution in [-0.2, 0) is 5.41 Å². The Kier molecular flexibility index (Phi) is 7.38. The SMILES string of the molecule is CC1(C)c2ccc(-c3ccc(-c4c5ccccc5c(-c5ccc(-c6cc7ccccc7c7ccccc67)cc5)c5ccccc45)cc3)cc2-c2c1ccc1ccccc21. The summed E-state index contributed by atoms with van der Waals surface area (Å²) in [6.45, 7) is 4.73. The molecule has 0 saturated carbocycles. The predicted molar refractivity (Wildman–Crippen MR) is 253 cm³/mol. The third kappa shape index (κ3) is 5.09.